The number of allylic oxidation sites excluding steroid dienone is 4. The van der Waals surface area contributed by atoms with Crippen molar-refractivity contribution in [1.29, 1.82) is 0 Å². The van der Waals surface area contributed by atoms with Crippen LogP contribution in [0.3, 0.4) is 0 Å². The van der Waals surface area contributed by atoms with E-state index in [1.807, 2.05) is 0 Å². The molecule has 3 aliphatic rings. The second-order valence-corrected chi connectivity index (χ2v) is 23.9. The zero-order valence-electron chi connectivity index (χ0n) is 52.3. The van der Waals surface area contributed by atoms with Crippen molar-refractivity contribution in [2.24, 2.45) is 38.8 Å². The van der Waals surface area contributed by atoms with Crippen LogP contribution in [0.4, 0.5) is 0 Å². The van der Waals surface area contributed by atoms with E-state index in [1.54, 1.807) is 20.1 Å². The van der Waals surface area contributed by atoms with Crippen LogP contribution in [0.1, 0.15) is 103 Å². The molecule has 2 aliphatic heterocycles. The summed E-state index contributed by atoms with van der Waals surface area (Å²) in [6.45, 7) is 4.22. The van der Waals surface area contributed by atoms with Gasteiger partial charge < -0.3 is 101 Å². The maximum atomic E-state index is 15.0. The predicted octanol–water partition coefficient (Wildman–Crippen LogP) is -3.74. The van der Waals surface area contributed by atoms with Gasteiger partial charge in [0, 0.05) is 32.5 Å². The lowest BCUT2D eigenvalue weighted by atomic mass is 10.00. The van der Waals surface area contributed by atoms with Gasteiger partial charge in [-0.2, -0.15) is 11.8 Å². The van der Waals surface area contributed by atoms with E-state index in [0.29, 0.717) is 11.1 Å². The number of carboxylic acid groups (broad SMARTS) is 2. The molecule has 4 rings (SSSR count). The lowest BCUT2D eigenvalue weighted by Crippen LogP contribution is -2.62. The van der Waals surface area contributed by atoms with Crippen LogP contribution in [0.15, 0.2) is 69.9 Å². The fraction of sp³-hybridized carbons (Fsp3) is 0.559. The Bertz CT molecular complexity index is 3000. The fourth-order valence-corrected chi connectivity index (χ4v) is 10.6. The van der Waals surface area contributed by atoms with Crippen molar-refractivity contribution in [1.82, 2.24) is 52.8 Å². The molecule has 1 aliphatic carbocycles. The number of nitrogens with zero attached hydrogens (tertiary/aromatic N) is 3. The zero-order valence-corrected chi connectivity index (χ0v) is 53.1. The number of rotatable bonds is 22. The first kappa shape index (κ1) is 76.0. The molecule has 2 fully saturated rings. The van der Waals surface area contributed by atoms with E-state index in [1.165, 1.54) is 60.3 Å². The maximum absolute atomic E-state index is 15.0. The summed E-state index contributed by atoms with van der Waals surface area (Å²) in [6, 6.07) is -11.0. The average Bonchev–Trinajstić information content (AvgIpc) is 1.82. The molecule has 0 spiro atoms. The van der Waals surface area contributed by atoms with E-state index < -0.39 is 157 Å². The summed E-state index contributed by atoms with van der Waals surface area (Å²) in [4.78, 5) is 179. The minimum Gasteiger partial charge on any atom is -0.508 e. The Morgan fingerprint density at radius 3 is 1.65 bits per heavy atom. The molecule has 1 aromatic carbocycles. The molecule has 33 nitrogen and oxygen atoms in total. The van der Waals surface area contributed by atoms with Crippen LogP contribution >= 0.6 is 11.8 Å². The number of aliphatic carboxylic acids is 2. The van der Waals surface area contributed by atoms with Crippen molar-refractivity contribution in [2.75, 3.05) is 31.6 Å². The number of thioether (sulfide) groups is 1. The molecule has 22 N–H and O–H groups in total. The lowest BCUT2D eigenvalue weighted by molar-refractivity contribution is -0.144. The number of aliphatic imine (C=N–C) groups is 2. The van der Waals surface area contributed by atoms with Crippen molar-refractivity contribution in [3.8, 4) is 5.75 Å². The standard InChI is InChI=1S/C59H88N16O17S/c1-30(2)26-40-52(87)68-38(19-20-45(79)80)50(85)67-36(8-5-22-64-58(60)61)48(83)66-37(9-6-23-65-59(62)63)49(84)73-43(28-33-13-17-35(78)18-14-33)57(92)75-24-7-10-44(75)55(90)72-42(29-46(81)82)54(89)74-47(31(3)76)56(91)69-39(21-25-93-4)51(86)71-41(53(88)70-40)27-32-11-15-34(77)16-12-32/h11,13-18,27,30-31,36-44,47,76-78H,5-10,12,19-26,28-29H2,1-4H3,(H,66,83)(H,67,85)(H,68,87)(H,69,91)(H,70,88)(H,71,86)(H,72,90)(H,73,84)(H,74,89)(H,79,80)(H,81,82)(H4,60,61,64)(H4,62,63,65)/b32-27+/t31-,36-,37+,38-,39+,40+,41+,42+,43+,44-,47+/m1/s1. The summed E-state index contributed by atoms with van der Waals surface area (Å²) < 4.78 is 0. The second kappa shape index (κ2) is 37.8. The van der Waals surface area contributed by atoms with Crippen LogP contribution in [0.25, 0.3) is 0 Å². The van der Waals surface area contributed by atoms with Crippen molar-refractivity contribution < 1.29 is 83.1 Å². The molecule has 2 saturated heterocycles. The normalized spacial score (nSPS) is 25.2. The average molecular weight is 1330 g/mol. The number of aliphatic hydroxyl groups excluding tert-OH is 2. The first-order chi connectivity index (χ1) is 44.0. The number of aliphatic hydroxyl groups is 2. The number of carbonyl (C=O) groups excluding carboxylic acids is 10. The van der Waals surface area contributed by atoms with Crippen LogP contribution in [0.2, 0.25) is 0 Å². The van der Waals surface area contributed by atoms with Gasteiger partial charge in [-0.1, -0.05) is 32.1 Å². The van der Waals surface area contributed by atoms with E-state index in [-0.39, 0.29) is 119 Å². The summed E-state index contributed by atoms with van der Waals surface area (Å²) in [7, 11) is 0. The van der Waals surface area contributed by atoms with E-state index in [0.717, 1.165) is 11.8 Å². The Labute approximate surface area is 541 Å². The smallest absolute Gasteiger partial charge is 0.305 e. The lowest BCUT2D eigenvalue weighted by Gasteiger charge is -2.31. The van der Waals surface area contributed by atoms with Gasteiger partial charge >= 0.3 is 11.9 Å². The number of phenols is 1. The number of hydrogen-bond acceptors (Lipinski definition) is 18. The van der Waals surface area contributed by atoms with E-state index >= 15 is 0 Å². The molecule has 0 bridgehead atoms. The van der Waals surface area contributed by atoms with Crippen molar-refractivity contribution in [3.63, 3.8) is 0 Å². The Morgan fingerprint density at radius 1 is 0.624 bits per heavy atom. The Hall–Kier alpha value is -9.47. The van der Waals surface area contributed by atoms with Crippen LogP contribution in [-0.2, 0) is 64.0 Å². The Morgan fingerprint density at radius 2 is 1.13 bits per heavy atom. The molecule has 11 atom stereocenters. The molecule has 93 heavy (non-hydrogen) atoms. The maximum Gasteiger partial charge on any atom is 0.305 e. The molecule has 10 amide bonds. The molecule has 34 heteroatoms. The molecule has 0 aromatic heterocycles. The first-order valence-corrected chi connectivity index (χ1v) is 31.7. The second-order valence-electron chi connectivity index (χ2n) is 22.9. The van der Waals surface area contributed by atoms with E-state index in [2.05, 4.69) is 57.8 Å². The monoisotopic (exact) mass is 1320 g/mol. The van der Waals surface area contributed by atoms with Gasteiger partial charge in [-0.15, -0.1) is 0 Å². The summed E-state index contributed by atoms with van der Waals surface area (Å²) in [5, 5.41) is 73.7. The van der Waals surface area contributed by atoms with Crippen LogP contribution in [-0.4, -0.2) is 212 Å². The number of carboxylic acids is 2. The molecule has 2 heterocycles. The number of guanidine groups is 2. The fourth-order valence-electron chi connectivity index (χ4n) is 10.1. The minimum atomic E-state index is -1.97. The van der Waals surface area contributed by atoms with Gasteiger partial charge in [-0.05, 0) is 131 Å². The third-order valence-electron chi connectivity index (χ3n) is 14.9. The minimum absolute atomic E-state index is 0.00402. The van der Waals surface area contributed by atoms with Crippen molar-refractivity contribution in [2.45, 2.75) is 171 Å². The number of hydrogen-bond donors (Lipinski definition) is 18. The molecule has 0 saturated carbocycles. The Balaban J connectivity index is 1.95. The van der Waals surface area contributed by atoms with Gasteiger partial charge in [0.1, 0.15) is 71.9 Å². The summed E-state index contributed by atoms with van der Waals surface area (Å²) >= 11 is 1.25. The number of fused-ring (bicyclic) bond motifs is 1. The van der Waals surface area contributed by atoms with E-state index in [4.69, 9.17) is 22.9 Å². The van der Waals surface area contributed by atoms with Gasteiger partial charge in [-0.3, -0.25) is 67.5 Å². The van der Waals surface area contributed by atoms with Gasteiger partial charge in [0.15, 0.2) is 11.9 Å². The quantitative estimate of drug-likeness (QED) is 0.0301. The molecule has 1 aromatic rings. The predicted molar refractivity (Wildman–Crippen MR) is 340 cm³/mol. The van der Waals surface area contributed by atoms with Crippen LogP contribution < -0.4 is 70.8 Å². The molecule has 512 valence electrons. The highest BCUT2D eigenvalue weighted by atomic mass is 32.2. The third kappa shape index (κ3) is 26.0. The molecular formula is C59H88N16O17S. The number of nitrogens with two attached hydrogens (primary N) is 4. The first-order valence-electron chi connectivity index (χ1n) is 30.3. The summed E-state index contributed by atoms with van der Waals surface area (Å²) in [5.74, 6) is -14.5. The highest BCUT2D eigenvalue weighted by Crippen LogP contribution is 2.22. The highest BCUT2D eigenvalue weighted by molar-refractivity contribution is 7.98. The number of carbonyl (C=O) groups is 12. The number of amides is 10. The highest BCUT2D eigenvalue weighted by Gasteiger charge is 2.42. The number of aromatic hydroxyl groups is 1. The van der Waals surface area contributed by atoms with Crippen molar-refractivity contribution >= 4 is 94.7 Å². The van der Waals surface area contributed by atoms with Gasteiger partial charge in [0.05, 0.1) is 12.5 Å². The number of phenolic OH excluding ortho intramolecular Hbond substituents is 1. The third-order valence-corrected chi connectivity index (χ3v) is 15.5. The number of benzene rings is 1. The van der Waals surface area contributed by atoms with E-state index in [9.17, 15) is 83.1 Å². The largest absolute Gasteiger partial charge is 0.508 e. The van der Waals surface area contributed by atoms with Crippen molar-refractivity contribution in [3.05, 3.63) is 65.5 Å². The van der Waals surface area contributed by atoms with Gasteiger partial charge in [0.25, 0.3) is 0 Å². The molecule has 0 radical (unpaired) electrons. The summed E-state index contributed by atoms with van der Waals surface area (Å²) in [5.41, 5.74) is 23.0. The number of nitrogens with one attached hydrogen (secondary N) is 9. The summed E-state index contributed by atoms with van der Waals surface area (Å²) in [6.07, 6.45) is 2.15. The molecular weight excluding hydrogens is 1240 g/mol. The SMILES string of the molecule is CSCC[C@@H]1NC(=O)[C@H]([C@@H](C)O)NC(=O)[C@H](CC(=O)O)NC(=O)[C@H]2CCCN2C(=O)[C@H](Cc2ccc(O)cc2)NC(=O)[C@H](CCCN=C(N)N)NC(=O)[C@@H](CCCN=C(N)N)NC(=O)[C@@H](CCC(=O)O)NC(=O)[C@H](CC(C)C)NC(=O)[C@H](/C=C2\C=CC(O)=CC2)NC1=O. The Kier molecular flexibility index (Phi) is 30.9. The van der Waals surface area contributed by atoms with Crippen LogP contribution in [0.5, 0.6) is 5.75 Å². The zero-order chi connectivity index (χ0) is 69.1. The topological polar surface area (TPSA) is 546 Å². The molecule has 0 unspecified atom stereocenters. The van der Waals surface area contributed by atoms with Gasteiger partial charge in [-0.25, -0.2) is 0 Å². The van der Waals surface area contributed by atoms with Crippen LogP contribution in [0, 0.1) is 5.92 Å². The van der Waals surface area contributed by atoms with Gasteiger partial charge in [0.2, 0.25) is 59.1 Å².